The largest absolute Gasteiger partial charge is 0.497 e. The number of anilines is 1. The van der Waals surface area contributed by atoms with Gasteiger partial charge in [0.2, 0.25) is 0 Å². The number of ether oxygens (including phenoxy) is 3. The van der Waals surface area contributed by atoms with E-state index in [2.05, 4.69) is 0 Å². The molecule has 1 aliphatic carbocycles. The highest BCUT2D eigenvalue weighted by Gasteiger charge is 2.26. The maximum Gasteiger partial charge on any atom is 0.199 e. The molecular formula is C15H17ClNO3. The van der Waals surface area contributed by atoms with Gasteiger partial charge in [-0.25, -0.2) is 0 Å². The molecule has 0 saturated heterocycles. The van der Waals surface area contributed by atoms with Gasteiger partial charge in [0.1, 0.15) is 5.76 Å². The molecule has 0 bridgehead atoms. The highest BCUT2D eigenvalue weighted by molar-refractivity contribution is 6.31. The Labute approximate surface area is 123 Å². The molecule has 0 atom stereocenters. The minimum Gasteiger partial charge on any atom is -0.497 e. The number of nitrogens with two attached hydrogens (primary N) is 1. The molecule has 0 heterocycles. The van der Waals surface area contributed by atoms with Crippen molar-refractivity contribution in [3.05, 3.63) is 52.5 Å². The molecule has 1 aliphatic rings. The van der Waals surface area contributed by atoms with Crippen LogP contribution in [-0.2, 0) is 14.2 Å². The van der Waals surface area contributed by atoms with Crippen LogP contribution >= 0.6 is 11.6 Å². The monoisotopic (exact) mass is 294 g/mol. The van der Waals surface area contributed by atoms with E-state index in [1.54, 1.807) is 33.5 Å². The van der Waals surface area contributed by atoms with E-state index in [0.717, 1.165) is 16.9 Å². The van der Waals surface area contributed by atoms with Gasteiger partial charge in [0.15, 0.2) is 11.5 Å². The molecule has 107 valence electrons. The summed E-state index contributed by atoms with van der Waals surface area (Å²) >= 11 is 5.94. The first kappa shape index (κ1) is 14.6. The number of allylic oxidation sites excluding steroid dienone is 2. The van der Waals surface area contributed by atoms with Gasteiger partial charge in [0.05, 0.1) is 21.3 Å². The summed E-state index contributed by atoms with van der Waals surface area (Å²) in [6.45, 7) is 0. The predicted octanol–water partition coefficient (Wildman–Crippen LogP) is 3.39. The molecule has 2 N–H and O–H groups in total. The van der Waals surface area contributed by atoms with E-state index in [-0.39, 0.29) is 0 Å². The fourth-order valence-corrected chi connectivity index (χ4v) is 2.41. The molecule has 0 aliphatic heterocycles. The summed E-state index contributed by atoms with van der Waals surface area (Å²) in [6, 6.07) is 5.38. The fraction of sp³-hybridized carbons (Fsp3) is 0.267. The zero-order valence-corrected chi connectivity index (χ0v) is 12.5. The molecule has 20 heavy (non-hydrogen) atoms. The maximum absolute atomic E-state index is 6.04. The van der Waals surface area contributed by atoms with Crippen molar-refractivity contribution in [1.29, 1.82) is 0 Å². The number of benzene rings is 1. The third-order valence-electron chi connectivity index (χ3n) is 3.15. The van der Waals surface area contributed by atoms with Crippen molar-refractivity contribution in [1.82, 2.24) is 0 Å². The Hall–Kier alpha value is -1.81. The summed E-state index contributed by atoms with van der Waals surface area (Å²) in [6.07, 6.45) is 2.61. The zero-order chi connectivity index (χ0) is 14.7. The Balaban J connectivity index is 2.58. The molecular weight excluding hydrogens is 278 g/mol. The third kappa shape index (κ3) is 2.56. The Bertz CT molecular complexity index is 578. The Morgan fingerprint density at radius 2 is 1.75 bits per heavy atom. The molecule has 1 aromatic carbocycles. The maximum atomic E-state index is 6.04. The van der Waals surface area contributed by atoms with Gasteiger partial charge in [-0.2, -0.15) is 0 Å². The van der Waals surface area contributed by atoms with Crippen molar-refractivity contribution in [2.24, 2.45) is 0 Å². The molecule has 0 spiro atoms. The van der Waals surface area contributed by atoms with E-state index in [0.29, 0.717) is 28.6 Å². The average molecular weight is 295 g/mol. The quantitative estimate of drug-likeness (QED) is 0.865. The first-order chi connectivity index (χ1) is 9.62. The molecule has 4 nitrogen and oxygen atoms in total. The minimum atomic E-state index is 0.585. The van der Waals surface area contributed by atoms with Crippen LogP contribution in [0.1, 0.15) is 12.0 Å². The lowest BCUT2D eigenvalue weighted by molar-refractivity contribution is 0.180. The number of methoxy groups -OCH3 is 3. The van der Waals surface area contributed by atoms with Crippen molar-refractivity contribution in [3.8, 4) is 0 Å². The van der Waals surface area contributed by atoms with Gasteiger partial charge in [-0.3, -0.25) is 0 Å². The van der Waals surface area contributed by atoms with Crippen LogP contribution in [0.2, 0.25) is 5.02 Å². The molecule has 0 fully saturated rings. The lowest BCUT2D eigenvalue weighted by atomic mass is 9.93. The zero-order valence-electron chi connectivity index (χ0n) is 11.7. The van der Waals surface area contributed by atoms with Crippen LogP contribution in [0.15, 0.2) is 35.5 Å². The molecule has 2 rings (SSSR count). The number of halogens is 1. The van der Waals surface area contributed by atoms with Gasteiger partial charge in [-0.1, -0.05) is 17.7 Å². The summed E-state index contributed by atoms with van der Waals surface area (Å²) in [4.78, 5) is 0. The second-order valence-electron chi connectivity index (χ2n) is 4.25. The van der Waals surface area contributed by atoms with Crippen LogP contribution < -0.4 is 5.73 Å². The lowest BCUT2D eigenvalue weighted by Crippen LogP contribution is -2.11. The first-order valence-corrected chi connectivity index (χ1v) is 6.48. The van der Waals surface area contributed by atoms with Crippen LogP contribution in [0, 0.1) is 6.42 Å². The van der Waals surface area contributed by atoms with Crippen molar-refractivity contribution in [3.63, 3.8) is 0 Å². The molecule has 1 aromatic rings. The molecule has 5 heteroatoms. The van der Waals surface area contributed by atoms with Crippen molar-refractivity contribution >= 4 is 22.9 Å². The third-order valence-corrected chi connectivity index (χ3v) is 3.39. The highest BCUT2D eigenvalue weighted by atomic mass is 35.5. The summed E-state index contributed by atoms with van der Waals surface area (Å²) in [5.74, 6) is 1.91. The second kappa shape index (κ2) is 6.09. The standard InChI is InChI=1S/C15H17ClNO3/c1-18-13-7-6-11(14(19-2)15(13)20-3)10-5-4-9(16)8-12(10)17/h4-6,8H,7,17H2,1-3H3. The Kier molecular flexibility index (Phi) is 4.45. The SMILES string of the molecule is COC1=C(OC)C(OC)=C(c2ccc(Cl)cc2N)[CH]C1. The van der Waals surface area contributed by atoms with Crippen LogP contribution in [0.25, 0.3) is 5.57 Å². The number of rotatable bonds is 4. The second-order valence-corrected chi connectivity index (χ2v) is 4.68. The van der Waals surface area contributed by atoms with Crippen LogP contribution in [0.4, 0.5) is 5.69 Å². The van der Waals surface area contributed by atoms with E-state index >= 15 is 0 Å². The first-order valence-electron chi connectivity index (χ1n) is 6.10. The van der Waals surface area contributed by atoms with Crippen molar-refractivity contribution in [2.75, 3.05) is 27.1 Å². The topological polar surface area (TPSA) is 53.7 Å². The van der Waals surface area contributed by atoms with E-state index in [4.69, 9.17) is 31.5 Å². The Morgan fingerprint density at radius 1 is 1.05 bits per heavy atom. The van der Waals surface area contributed by atoms with Crippen LogP contribution in [-0.4, -0.2) is 21.3 Å². The van der Waals surface area contributed by atoms with E-state index in [1.807, 2.05) is 12.5 Å². The van der Waals surface area contributed by atoms with Gasteiger partial charge in [0, 0.05) is 34.7 Å². The molecule has 0 saturated carbocycles. The van der Waals surface area contributed by atoms with E-state index in [9.17, 15) is 0 Å². The minimum absolute atomic E-state index is 0.585. The van der Waals surface area contributed by atoms with Gasteiger partial charge >= 0.3 is 0 Å². The lowest BCUT2D eigenvalue weighted by Gasteiger charge is -2.24. The molecule has 0 aromatic heterocycles. The molecule has 0 amide bonds. The fourth-order valence-electron chi connectivity index (χ4n) is 2.23. The summed E-state index contributed by atoms with van der Waals surface area (Å²) in [5, 5.41) is 0.599. The Morgan fingerprint density at radius 3 is 2.30 bits per heavy atom. The highest BCUT2D eigenvalue weighted by Crippen LogP contribution is 2.38. The van der Waals surface area contributed by atoms with Gasteiger partial charge in [0.25, 0.3) is 0 Å². The van der Waals surface area contributed by atoms with Gasteiger partial charge in [-0.05, 0) is 12.1 Å². The van der Waals surface area contributed by atoms with Gasteiger partial charge < -0.3 is 19.9 Å². The summed E-state index contributed by atoms with van der Waals surface area (Å²) < 4.78 is 16.2. The van der Waals surface area contributed by atoms with Crippen LogP contribution in [0.3, 0.4) is 0 Å². The van der Waals surface area contributed by atoms with Crippen molar-refractivity contribution < 1.29 is 14.2 Å². The number of nitrogen functional groups attached to an aromatic ring is 1. The normalized spacial score (nSPS) is 15.4. The molecule has 0 unspecified atom stereocenters. The number of hydrogen-bond acceptors (Lipinski definition) is 4. The van der Waals surface area contributed by atoms with Crippen LogP contribution in [0.5, 0.6) is 0 Å². The molecule has 1 radical (unpaired) electrons. The summed E-state index contributed by atoms with van der Waals surface area (Å²) in [5.41, 5.74) is 8.36. The number of hydrogen-bond donors (Lipinski definition) is 1. The summed E-state index contributed by atoms with van der Waals surface area (Å²) in [7, 11) is 4.78. The van der Waals surface area contributed by atoms with E-state index < -0.39 is 0 Å². The smallest absolute Gasteiger partial charge is 0.199 e. The van der Waals surface area contributed by atoms with E-state index in [1.165, 1.54) is 0 Å². The van der Waals surface area contributed by atoms with Gasteiger partial charge in [-0.15, -0.1) is 0 Å². The predicted molar refractivity (Wildman–Crippen MR) is 79.8 cm³/mol. The average Bonchev–Trinajstić information content (AvgIpc) is 2.45. The van der Waals surface area contributed by atoms with Crippen molar-refractivity contribution in [2.45, 2.75) is 6.42 Å².